The molecule has 0 aliphatic heterocycles. The molecule has 0 amide bonds. The second kappa shape index (κ2) is 8.09. The minimum atomic E-state index is 0.824. The summed E-state index contributed by atoms with van der Waals surface area (Å²) in [7, 11) is 0. The average molecular weight is 479 g/mol. The second-order valence-electron chi connectivity index (χ2n) is 1.24. The van der Waals surface area contributed by atoms with Crippen molar-refractivity contribution in [3.05, 3.63) is 31.5 Å². The molecule has 0 aliphatic carbocycles. The SMILES string of the molecule is [Hg]\[CH]=C/C=C\C=[CH]/[Hg]. The third kappa shape index (κ3) is 7.09. The quantitative estimate of drug-likeness (QED) is 0.418. The first-order valence-electron chi connectivity index (χ1n) is 2.48. The van der Waals surface area contributed by atoms with E-state index in [2.05, 4.69) is 31.5 Å². The molecule has 0 rings (SSSR count). The zero-order chi connectivity index (χ0) is 6.24. The van der Waals surface area contributed by atoms with Gasteiger partial charge in [0.1, 0.15) is 0 Å². The molecule has 0 saturated heterocycles. The summed E-state index contributed by atoms with van der Waals surface area (Å²) in [6.07, 6.45) is 8.38. The summed E-state index contributed by atoms with van der Waals surface area (Å²) in [4.78, 5) is 0. The molecular formula is C6H6Hg2. The predicted molar refractivity (Wildman–Crippen MR) is 27.4 cm³/mol. The molecule has 8 heavy (non-hydrogen) atoms. The predicted octanol–water partition coefficient (Wildman–Crippen LogP) is 1.66. The van der Waals surface area contributed by atoms with Crippen LogP contribution in [0.2, 0.25) is 0 Å². The van der Waals surface area contributed by atoms with Gasteiger partial charge in [0.05, 0.1) is 0 Å². The number of rotatable bonds is 2. The number of hydrogen-bond acceptors (Lipinski definition) is 0. The van der Waals surface area contributed by atoms with Crippen LogP contribution in [0.1, 0.15) is 0 Å². The van der Waals surface area contributed by atoms with Gasteiger partial charge in [0.25, 0.3) is 0 Å². The minimum absolute atomic E-state index is 0.824. The Kier molecular flexibility index (Phi) is 9.19. The molecule has 0 atom stereocenters. The van der Waals surface area contributed by atoms with Gasteiger partial charge >= 0.3 is 83.7 Å². The van der Waals surface area contributed by atoms with Gasteiger partial charge in [-0.25, -0.2) is 0 Å². The van der Waals surface area contributed by atoms with Gasteiger partial charge in [-0.15, -0.1) is 0 Å². The van der Waals surface area contributed by atoms with Gasteiger partial charge < -0.3 is 0 Å². The van der Waals surface area contributed by atoms with Gasteiger partial charge in [-0.3, -0.25) is 0 Å². The van der Waals surface area contributed by atoms with Crippen LogP contribution in [0, 0.1) is 0 Å². The Labute approximate surface area is 82.7 Å². The van der Waals surface area contributed by atoms with E-state index >= 15 is 0 Å². The van der Waals surface area contributed by atoms with Crippen LogP contribution in [0.3, 0.4) is 0 Å². The first-order valence-corrected chi connectivity index (χ1v) is 8.83. The van der Waals surface area contributed by atoms with E-state index in [9.17, 15) is 0 Å². The van der Waals surface area contributed by atoms with Crippen LogP contribution in [-0.2, 0) is 52.2 Å². The third-order valence-electron chi connectivity index (χ3n) is 0.605. The Morgan fingerprint density at radius 1 is 0.625 bits per heavy atom. The van der Waals surface area contributed by atoms with E-state index in [4.69, 9.17) is 0 Å². The van der Waals surface area contributed by atoms with Crippen molar-refractivity contribution in [3.8, 4) is 0 Å². The summed E-state index contributed by atoms with van der Waals surface area (Å²) >= 11 is 1.65. The monoisotopic (exact) mass is 482 g/mol. The fraction of sp³-hybridized carbons (Fsp3) is 0. The van der Waals surface area contributed by atoms with E-state index in [-0.39, 0.29) is 0 Å². The van der Waals surface area contributed by atoms with Crippen molar-refractivity contribution in [2.45, 2.75) is 0 Å². The molecule has 0 spiro atoms. The molecule has 0 aromatic rings. The molecule has 0 aromatic carbocycles. The van der Waals surface area contributed by atoms with E-state index in [0.29, 0.717) is 0 Å². The van der Waals surface area contributed by atoms with E-state index in [1.54, 1.807) is 0 Å². The van der Waals surface area contributed by atoms with Crippen molar-refractivity contribution in [1.29, 1.82) is 0 Å². The molecule has 0 aliphatic rings. The molecule has 34 valence electrons. The van der Waals surface area contributed by atoms with Gasteiger partial charge in [-0.2, -0.15) is 0 Å². The Balaban J connectivity index is 3.35. The molecule has 0 saturated carbocycles. The van der Waals surface area contributed by atoms with E-state index in [0.717, 1.165) is 52.2 Å². The molecule has 0 bridgehead atoms. The van der Waals surface area contributed by atoms with Crippen molar-refractivity contribution in [1.82, 2.24) is 0 Å². The zero-order valence-electron chi connectivity index (χ0n) is 4.88. The first-order chi connectivity index (χ1) is 3.91. The van der Waals surface area contributed by atoms with Crippen LogP contribution >= 0.6 is 0 Å². The van der Waals surface area contributed by atoms with Crippen molar-refractivity contribution >= 4 is 0 Å². The average Bonchev–Trinajstić information content (AvgIpc) is 1.81. The topological polar surface area (TPSA) is 0 Å². The van der Waals surface area contributed by atoms with Crippen molar-refractivity contribution < 1.29 is 52.2 Å². The van der Waals surface area contributed by atoms with Crippen molar-refractivity contribution in [2.24, 2.45) is 0 Å². The molecule has 2 heteroatoms. The number of hydrogen-bond donors (Lipinski definition) is 0. The summed E-state index contributed by atoms with van der Waals surface area (Å²) in [5.74, 6) is 0. The first kappa shape index (κ1) is 9.09. The standard InChI is InChI=1S/C6H6.2Hg/c1-3-5-6-4-2;;/h1-6H;;/b3-1?,4-2?,6-5-;;. The Morgan fingerprint density at radius 3 is 1.25 bits per heavy atom. The molecule has 0 heterocycles. The summed E-state index contributed by atoms with van der Waals surface area (Å²) in [6, 6.07) is 0. The molecule has 0 radical (unpaired) electrons. The summed E-state index contributed by atoms with van der Waals surface area (Å²) in [5, 5.41) is 0. The molecular weight excluding hydrogens is 473 g/mol. The maximum atomic E-state index is 2.21. The fourth-order valence-electron chi connectivity index (χ4n) is 0.285. The third-order valence-corrected chi connectivity index (χ3v) is 2.72. The van der Waals surface area contributed by atoms with Crippen LogP contribution in [0.15, 0.2) is 31.5 Å². The van der Waals surface area contributed by atoms with Gasteiger partial charge in [0, 0.05) is 0 Å². The van der Waals surface area contributed by atoms with Crippen LogP contribution in [0.4, 0.5) is 0 Å². The Bertz CT molecular complexity index is 97.7. The summed E-state index contributed by atoms with van der Waals surface area (Å²) < 4.78 is 4.42. The summed E-state index contributed by atoms with van der Waals surface area (Å²) in [5.41, 5.74) is 0. The fourth-order valence-corrected chi connectivity index (χ4v) is 1.51. The van der Waals surface area contributed by atoms with Crippen LogP contribution in [0.25, 0.3) is 0 Å². The number of allylic oxidation sites excluding steroid dienone is 4. The van der Waals surface area contributed by atoms with E-state index in [1.807, 2.05) is 0 Å². The molecule has 0 N–H and O–H groups in total. The van der Waals surface area contributed by atoms with Gasteiger partial charge in [0.15, 0.2) is 0 Å². The zero-order valence-corrected chi connectivity index (χ0v) is 15.9. The van der Waals surface area contributed by atoms with Crippen LogP contribution in [0.5, 0.6) is 0 Å². The van der Waals surface area contributed by atoms with E-state index < -0.39 is 0 Å². The van der Waals surface area contributed by atoms with Crippen LogP contribution in [-0.4, -0.2) is 0 Å². The Hall–Kier alpha value is 1.09. The van der Waals surface area contributed by atoms with Gasteiger partial charge in [-0.05, 0) is 0 Å². The van der Waals surface area contributed by atoms with Crippen LogP contribution < -0.4 is 0 Å². The normalized spacial score (nSPS) is 13.0. The molecule has 0 aromatic heterocycles. The van der Waals surface area contributed by atoms with E-state index in [1.165, 1.54) is 0 Å². The second-order valence-corrected chi connectivity index (χ2v) is 4.91. The molecule has 0 unspecified atom stereocenters. The molecule has 0 nitrogen and oxygen atoms in total. The van der Waals surface area contributed by atoms with Crippen molar-refractivity contribution in [2.75, 3.05) is 0 Å². The maximum absolute atomic E-state index is 2.21. The van der Waals surface area contributed by atoms with Gasteiger partial charge in [0.2, 0.25) is 0 Å². The molecule has 0 fully saturated rings. The summed E-state index contributed by atoms with van der Waals surface area (Å²) in [6.45, 7) is 0. The van der Waals surface area contributed by atoms with Crippen molar-refractivity contribution in [3.63, 3.8) is 0 Å². The van der Waals surface area contributed by atoms with Gasteiger partial charge in [-0.1, -0.05) is 0 Å². The Morgan fingerprint density at radius 2 is 1.00 bits per heavy atom.